The number of ether oxygens (including phenoxy) is 1. The molecule has 6 heteroatoms. The molecular weight excluding hydrogens is 277 g/mol. The molecule has 100 valence electrons. The Morgan fingerprint density at radius 2 is 2.00 bits per heavy atom. The summed E-state index contributed by atoms with van der Waals surface area (Å²) in [4.78, 5) is 12.2. The second kappa shape index (κ2) is 5.05. The lowest BCUT2D eigenvalue weighted by Crippen LogP contribution is -2.08. The fourth-order valence-electron chi connectivity index (χ4n) is 1.64. The van der Waals surface area contributed by atoms with Gasteiger partial charge in [0.05, 0.1) is 18.2 Å². The van der Waals surface area contributed by atoms with Crippen LogP contribution in [0.2, 0.25) is 0 Å². The first-order chi connectivity index (χ1) is 8.93. The van der Waals surface area contributed by atoms with Gasteiger partial charge in [0.15, 0.2) is 0 Å². The molecule has 0 fully saturated rings. The zero-order valence-electron chi connectivity index (χ0n) is 9.82. The second-order valence-electron chi connectivity index (χ2n) is 3.73. The Hall–Kier alpha value is -1.82. The summed E-state index contributed by atoms with van der Waals surface area (Å²) in [6.07, 6.45) is -4.44. The smallest absolute Gasteiger partial charge is 0.416 e. The van der Waals surface area contributed by atoms with Crippen LogP contribution in [0.3, 0.4) is 0 Å². The van der Waals surface area contributed by atoms with Crippen LogP contribution < -0.4 is 0 Å². The van der Waals surface area contributed by atoms with Crippen LogP contribution in [0, 0.1) is 0 Å². The molecule has 0 atom stereocenters. The molecule has 2 nitrogen and oxygen atoms in total. The number of carbonyl (C=O) groups excluding carboxylic acids is 1. The van der Waals surface area contributed by atoms with Crippen LogP contribution in [0.1, 0.15) is 15.9 Å². The van der Waals surface area contributed by atoms with E-state index in [1.165, 1.54) is 18.4 Å². The van der Waals surface area contributed by atoms with Crippen LogP contribution in [0.4, 0.5) is 13.2 Å². The van der Waals surface area contributed by atoms with Gasteiger partial charge in [-0.2, -0.15) is 13.2 Å². The van der Waals surface area contributed by atoms with Gasteiger partial charge in [0.25, 0.3) is 0 Å². The molecule has 0 N–H and O–H groups in total. The van der Waals surface area contributed by atoms with Gasteiger partial charge in [-0.3, -0.25) is 0 Å². The van der Waals surface area contributed by atoms with Crippen molar-refractivity contribution in [3.8, 4) is 10.4 Å². The number of halogens is 3. The van der Waals surface area contributed by atoms with Crippen molar-refractivity contribution >= 4 is 17.3 Å². The van der Waals surface area contributed by atoms with Gasteiger partial charge in [-0.1, -0.05) is 6.07 Å². The highest BCUT2D eigenvalue weighted by Gasteiger charge is 2.31. The molecule has 0 unspecified atom stereocenters. The van der Waals surface area contributed by atoms with Crippen LogP contribution in [-0.4, -0.2) is 13.1 Å². The van der Waals surface area contributed by atoms with E-state index in [1.54, 1.807) is 17.5 Å². The van der Waals surface area contributed by atoms with Crippen molar-refractivity contribution in [3.05, 3.63) is 46.8 Å². The van der Waals surface area contributed by atoms with Gasteiger partial charge in [0.2, 0.25) is 0 Å². The predicted octanol–water partition coefficient (Wildman–Crippen LogP) is 4.22. The Morgan fingerprint density at radius 1 is 1.26 bits per heavy atom. The fraction of sp³-hybridized carbons (Fsp3) is 0.154. The third-order valence-corrected chi connectivity index (χ3v) is 3.44. The molecule has 1 aromatic carbocycles. The van der Waals surface area contributed by atoms with Crippen molar-refractivity contribution in [2.24, 2.45) is 0 Å². The van der Waals surface area contributed by atoms with Gasteiger partial charge in [0.1, 0.15) is 0 Å². The zero-order chi connectivity index (χ0) is 14.0. The molecule has 0 aliphatic rings. The molecule has 0 radical (unpaired) electrons. The minimum atomic E-state index is -4.44. The van der Waals surface area contributed by atoms with Crippen LogP contribution in [0.25, 0.3) is 10.4 Å². The second-order valence-corrected chi connectivity index (χ2v) is 4.67. The number of alkyl halides is 3. The minimum Gasteiger partial charge on any atom is -0.465 e. The first-order valence-corrected chi connectivity index (χ1v) is 6.15. The SMILES string of the molecule is COC(=O)c1ccc(C(F)(F)F)cc1-c1cccs1. The Labute approximate surface area is 111 Å². The fourth-order valence-corrected chi connectivity index (χ4v) is 2.40. The summed E-state index contributed by atoms with van der Waals surface area (Å²) in [5, 5.41) is 1.73. The molecule has 2 rings (SSSR count). The van der Waals surface area contributed by atoms with Crippen LogP contribution in [0.15, 0.2) is 35.7 Å². The predicted molar refractivity (Wildman–Crippen MR) is 66.1 cm³/mol. The summed E-state index contributed by atoms with van der Waals surface area (Å²) >= 11 is 1.26. The van der Waals surface area contributed by atoms with Gasteiger partial charge in [0, 0.05) is 10.4 Å². The van der Waals surface area contributed by atoms with Crippen molar-refractivity contribution in [3.63, 3.8) is 0 Å². The van der Waals surface area contributed by atoms with E-state index in [2.05, 4.69) is 4.74 Å². The highest BCUT2D eigenvalue weighted by atomic mass is 32.1. The molecule has 0 spiro atoms. The third kappa shape index (κ3) is 2.78. The van der Waals surface area contributed by atoms with Crippen molar-refractivity contribution in [2.45, 2.75) is 6.18 Å². The monoisotopic (exact) mass is 286 g/mol. The van der Waals surface area contributed by atoms with Crippen molar-refractivity contribution in [1.82, 2.24) is 0 Å². The van der Waals surface area contributed by atoms with Crippen LogP contribution >= 0.6 is 11.3 Å². The number of carbonyl (C=O) groups is 1. The van der Waals surface area contributed by atoms with E-state index >= 15 is 0 Å². The Kier molecular flexibility index (Phi) is 3.61. The largest absolute Gasteiger partial charge is 0.465 e. The molecule has 2 aromatic rings. The zero-order valence-corrected chi connectivity index (χ0v) is 10.6. The van der Waals surface area contributed by atoms with Gasteiger partial charge < -0.3 is 4.74 Å². The van der Waals surface area contributed by atoms with E-state index in [9.17, 15) is 18.0 Å². The summed E-state index contributed by atoms with van der Waals surface area (Å²) in [5.74, 6) is -0.655. The summed E-state index contributed by atoms with van der Waals surface area (Å²) < 4.78 is 42.7. The molecule has 0 aliphatic heterocycles. The van der Waals surface area contributed by atoms with Crippen molar-refractivity contribution in [2.75, 3.05) is 7.11 Å². The Balaban J connectivity index is 2.61. The summed E-state index contributed by atoms with van der Waals surface area (Å²) in [6.45, 7) is 0. The molecule has 0 amide bonds. The van der Waals surface area contributed by atoms with E-state index in [-0.39, 0.29) is 11.1 Å². The molecule has 0 aliphatic carbocycles. The Morgan fingerprint density at radius 3 is 2.53 bits per heavy atom. The third-order valence-electron chi connectivity index (χ3n) is 2.54. The van der Waals surface area contributed by atoms with E-state index in [4.69, 9.17) is 0 Å². The lowest BCUT2D eigenvalue weighted by atomic mass is 10.0. The van der Waals surface area contributed by atoms with E-state index in [0.717, 1.165) is 18.2 Å². The average molecular weight is 286 g/mol. The van der Waals surface area contributed by atoms with Gasteiger partial charge in [-0.05, 0) is 29.6 Å². The summed E-state index contributed by atoms with van der Waals surface area (Å²) in [5.41, 5.74) is -0.432. The maximum Gasteiger partial charge on any atom is 0.416 e. The van der Waals surface area contributed by atoms with E-state index in [0.29, 0.717) is 4.88 Å². The lowest BCUT2D eigenvalue weighted by Gasteiger charge is -2.11. The molecule has 1 heterocycles. The minimum absolute atomic E-state index is 0.123. The molecule has 1 aromatic heterocycles. The number of methoxy groups -OCH3 is 1. The van der Waals surface area contributed by atoms with Gasteiger partial charge in [-0.15, -0.1) is 11.3 Å². The first kappa shape index (κ1) is 13.6. The summed E-state index contributed by atoms with van der Waals surface area (Å²) in [6, 6.07) is 6.36. The highest BCUT2D eigenvalue weighted by molar-refractivity contribution is 7.13. The highest BCUT2D eigenvalue weighted by Crippen LogP contribution is 2.35. The lowest BCUT2D eigenvalue weighted by molar-refractivity contribution is -0.137. The van der Waals surface area contributed by atoms with E-state index in [1.807, 2.05) is 0 Å². The standard InChI is InChI=1S/C13H9F3O2S/c1-18-12(17)9-5-4-8(13(14,15)16)7-10(9)11-3-2-6-19-11/h2-7H,1H3. The molecule has 0 bridgehead atoms. The van der Waals surface area contributed by atoms with Gasteiger partial charge in [-0.25, -0.2) is 4.79 Å². The van der Waals surface area contributed by atoms with Gasteiger partial charge >= 0.3 is 12.1 Å². The van der Waals surface area contributed by atoms with Crippen molar-refractivity contribution < 1.29 is 22.7 Å². The number of benzene rings is 1. The van der Waals surface area contributed by atoms with Crippen molar-refractivity contribution in [1.29, 1.82) is 0 Å². The molecule has 0 saturated carbocycles. The first-order valence-electron chi connectivity index (χ1n) is 5.27. The molecular formula is C13H9F3O2S. The van der Waals surface area contributed by atoms with Crippen LogP contribution in [0.5, 0.6) is 0 Å². The normalized spacial score (nSPS) is 11.4. The topological polar surface area (TPSA) is 26.3 Å². The maximum absolute atomic E-state index is 12.7. The number of rotatable bonds is 2. The van der Waals surface area contributed by atoms with E-state index < -0.39 is 17.7 Å². The van der Waals surface area contributed by atoms with Crippen LogP contribution in [-0.2, 0) is 10.9 Å². The number of hydrogen-bond donors (Lipinski definition) is 0. The number of esters is 1. The maximum atomic E-state index is 12.7. The Bertz CT molecular complexity index is 588. The summed E-state index contributed by atoms with van der Waals surface area (Å²) in [7, 11) is 1.19. The molecule has 0 saturated heterocycles. The quantitative estimate of drug-likeness (QED) is 0.773. The number of thiophene rings is 1. The number of hydrogen-bond acceptors (Lipinski definition) is 3. The average Bonchev–Trinajstić information content (AvgIpc) is 2.89. The molecule has 19 heavy (non-hydrogen) atoms.